The number of sulfonamides is 1. The second kappa shape index (κ2) is 4.89. The third-order valence-electron chi connectivity index (χ3n) is 2.44. The molecule has 0 fully saturated rings. The number of aryl methyl sites for hydroxylation is 1. The number of rotatable bonds is 4. The highest BCUT2D eigenvalue weighted by Crippen LogP contribution is 2.19. The third-order valence-corrected chi connectivity index (χ3v) is 3.46. The summed E-state index contributed by atoms with van der Waals surface area (Å²) < 4.78 is 27.5. The highest BCUT2D eigenvalue weighted by atomic mass is 32.2. The van der Waals surface area contributed by atoms with Crippen LogP contribution in [0.25, 0.3) is 0 Å². The molecule has 1 heterocycles. The first-order chi connectivity index (χ1) is 7.81. The van der Waals surface area contributed by atoms with Gasteiger partial charge in [0.15, 0.2) is 5.76 Å². The van der Waals surface area contributed by atoms with Crippen molar-refractivity contribution in [2.75, 3.05) is 13.1 Å². The number of primary sulfonamides is 1. The fraction of sp³-hybridized carbons (Fsp3) is 0.500. The zero-order valence-electron chi connectivity index (χ0n) is 10.1. The standard InChI is InChI=1S/C10H16N2O4S/c1-4-12(5-2)10(13)8-6-9(7(3)16-8)17(11,14)15/h6H,4-5H2,1-3H3,(H2,11,14,15). The minimum Gasteiger partial charge on any atom is -0.455 e. The summed E-state index contributed by atoms with van der Waals surface area (Å²) in [7, 11) is -3.85. The highest BCUT2D eigenvalue weighted by molar-refractivity contribution is 7.89. The number of carbonyl (C=O) groups is 1. The second-order valence-electron chi connectivity index (χ2n) is 3.55. The summed E-state index contributed by atoms with van der Waals surface area (Å²) in [5, 5.41) is 5.00. The van der Waals surface area contributed by atoms with Crippen molar-refractivity contribution < 1.29 is 17.6 Å². The molecular formula is C10H16N2O4S. The first-order valence-corrected chi connectivity index (χ1v) is 6.78. The highest BCUT2D eigenvalue weighted by Gasteiger charge is 2.23. The van der Waals surface area contributed by atoms with Crippen molar-refractivity contribution in [2.45, 2.75) is 25.7 Å². The molecule has 0 unspecified atom stereocenters. The molecule has 0 bridgehead atoms. The number of furan rings is 1. The van der Waals surface area contributed by atoms with Crippen molar-refractivity contribution in [3.8, 4) is 0 Å². The molecule has 1 rings (SSSR count). The number of nitrogens with zero attached hydrogens (tertiary/aromatic N) is 1. The maximum absolute atomic E-state index is 11.9. The molecule has 0 aliphatic carbocycles. The van der Waals surface area contributed by atoms with Crippen molar-refractivity contribution in [1.82, 2.24) is 4.90 Å². The van der Waals surface area contributed by atoms with E-state index in [2.05, 4.69) is 0 Å². The van der Waals surface area contributed by atoms with Crippen LogP contribution in [0.5, 0.6) is 0 Å². The van der Waals surface area contributed by atoms with Gasteiger partial charge in [0.2, 0.25) is 10.0 Å². The van der Waals surface area contributed by atoms with Crippen LogP contribution in [-0.4, -0.2) is 32.3 Å². The Morgan fingerprint density at radius 2 is 1.94 bits per heavy atom. The molecule has 0 saturated carbocycles. The average molecular weight is 260 g/mol. The van der Waals surface area contributed by atoms with Gasteiger partial charge in [0.25, 0.3) is 5.91 Å². The topological polar surface area (TPSA) is 93.6 Å². The van der Waals surface area contributed by atoms with Gasteiger partial charge in [0, 0.05) is 19.2 Å². The van der Waals surface area contributed by atoms with E-state index in [1.165, 1.54) is 17.9 Å². The molecule has 6 nitrogen and oxygen atoms in total. The lowest BCUT2D eigenvalue weighted by Gasteiger charge is -2.16. The molecule has 0 radical (unpaired) electrons. The normalized spacial score (nSPS) is 11.5. The summed E-state index contributed by atoms with van der Waals surface area (Å²) in [5.74, 6) is -0.216. The predicted molar refractivity (Wildman–Crippen MR) is 62.1 cm³/mol. The lowest BCUT2D eigenvalue weighted by Crippen LogP contribution is -2.30. The van der Waals surface area contributed by atoms with E-state index in [1.54, 1.807) is 0 Å². The summed E-state index contributed by atoms with van der Waals surface area (Å²) >= 11 is 0. The first-order valence-electron chi connectivity index (χ1n) is 5.23. The summed E-state index contributed by atoms with van der Waals surface area (Å²) in [4.78, 5) is 13.3. The molecule has 0 saturated heterocycles. The second-order valence-corrected chi connectivity index (χ2v) is 5.08. The van der Waals surface area contributed by atoms with Gasteiger partial charge in [-0.15, -0.1) is 0 Å². The van der Waals surface area contributed by atoms with Crippen LogP contribution < -0.4 is 5.14 Å². The molecule has 0 spiro atoms. The smallest absolute Gasteiger partial charge is 0.289 e. The van der Waals surface area contributed by atoms with Crippen molar-refractivity contribution >= 4 is 15.9 Å². The van der Waals surface area contributed by atoms with Gasteiger partial charge >= 0.3 is 0 Å². The number of hydrogen-bond acceptors (Lipinski definition) is 4. The Kier molecular flexibility index (Phi) is 3.94. The average Bonchev–Trinajstić information content (AvgIpc) is 2.61. The van der Waals surface area contributed by atoms with Gasteiger partial charge in [-0.25, -0.2) is 13.6 Å². The minimum atomic E-state index is -3.85. The third kappa shape index (κ3) is 2.86. The van der Waals surface area contributed by atoms with Crippen LogP contribution in [0, 0.1) is 6.92 Å². The fourth-order valence-corrected chi connectivity index (χ4v) is 2.23. The quantitative estimate of drug-likeness (QED) is 0.863. The van der Waals surface area contributed by atoms with Crippen molar-refractivity contribution in [3.05, 3.63) is 17.6 Å². The van der Waals surface area contributed by atoms with Crippen LogP contribution in [0.1, 0.15) is 30.2 Å². The molecule has 7 heteroatoms. The Labute approximate surface area is 100 Å². The van der Waals surface area contributed by atoms with E-state index in [4.69, 9.17) is 9.56 Å². The van der Waals surface area contributed by atoms with Gasteiger partial charge in [-0.1, -0.05) is 0 Å². The van der Waals surface area contributed by atoms with E-state index in [-0.39, 0.29) is 22.3 Å². The molecule has 1 aromatic heterocycles. The van der Waals surface area contributed by atoms with E-state index in [9.17, 15) is 13.2 Å². The lowest BCUT2D eigenvalue weighted by atomic mass is 10.3. The summed E-state index contributed by atoms with van der Waals surface area (Å²) in [5.41, 5.74) is 0. The van der Waals surface area contributed by atoms with E-state index >= 15 is 0 Å². The van der Waals surface area contributed by atoms with Gasteiger partial charge in [-0.2, -0.15) is 0 Å². The summed E-state index contributed by atoms with van der Waals surface area (Å²) in [6, 6.07) is 1.17. The van der Waals surface area contributed by atoms with Gasteiger partial charge in [0.05, 0.1) is 0 Å². The lowest BCUT2D eigenvalue weighted by molar-refractivity contribution is 0.0739. The Bertz CT molecular complexity index is 514. The van der Waals surface area contributed by atoms with Crippen LogP contribution in [0.2, 0.25) is 0 Å². The molecule has 0 aliphatic heterocycles. The Morgan fingerprint density at radius 3 is 2.29 bits per heavy atom. The minimum absolute atomic E-state index is 0.00442. The molecule has 0 aliphatic rings. The molecular weight excluding hydrogens is 244 g/mol. The van der Waals surface area contributed by atoms with Crippen molar-refractivity contribution in [2.24, 2.45) is 5.14 Å². The van der Waals surface area contributed by atoms with Crippen LogP contribution >= 0.6 is 0 Å². The van der Waals surface area contributed by atoms with Gasteiger partial charge in [-0.3, -0.25) is 4.79 Å². The first kappa shape index (κ1) is 13.7. The molecule has 2 N–H and O–H groups in total. The van der Waals surface area contributed by atoms with E-state index < -0.39 is 10.0 Å². The van der Waals surface area contributed by atoms with Gasteiger partial charge in [0.1, 0.15) is 10.7 Å². The number of carbonyl (C=O) groups excluding carboxylic acids is 1. The Balaban J connectivity index is 3.14. The van der Waals surface area contributed by atoms with E-state index in [0.717, 1.165) is 0 Å². The van der Waals surface area contributed by atoms with E-state index in [0.29, 0.717) is 13.1 Å². The molecule has 0 atom stereocenters. The van der Waals surface area contributed by atoms with Crippen LogP contribution in [0.15, 0.2) is 15.4 Å². The van der Waals surface area contributed by atoms with Gasteiger partial charge in [-0.05, 0) is 20.8 Å². The molecule has 0 aromatic carbocycles. The monoisotopic (exact) mass is 260 g/mol. The van der Waals surface area contributed by atoms with E-state index in [1.807, 2.05) is 13.8 Å². The van der Waals surface area contributed by atoms with Gasteiger partial charge < -0.3 is 9.32 Å². The largest absolute Gasteiger partial charge is 0.455 e. The maximum atomic E-state index is 11.9. The van der Waals surface area contributed by atoms with Crippen LogP contribution in [0.4, 0.5) is 0 Å². The Morgan fingerprint density at radius 1 is 1.41 bits per heavy atom. The Hall–Kier alpha value is -1.34. The fourth-order valence-electron chi connectivity index (χ4n) is 1.52. The number of amides is 1. The number of nitrogens with two attached hydrogens (primary N) is 1. The maximum Gasteiger partial charge on any atom is 0.289 e. The molecule has 17 heavy (non-hydrogen) atoms. The zero-order valence-corrected chi connectivity index (χ0v) is 10.9. The molecule has 1 amide bonds. The summed E-state index contributed by atoms with van der Waals surface area (Å²) in [6.07, 6.45) is 0. The SMILES string of the molecule is CCN(CC)C(=O)c1cc(S(N)(=O)=O)c(C)o1. The number of hydrogen-bond donors (Lipinski definition) is 1. The van der Waals surface area contributed by atoms with Crippen LogP contribution in [0.3, 0.4) is 0 Å². The molecule has 96 valence electrons. The van der Waals surface area contributed by atoms with Crippen molar-refractivity contribution in [3.63, 3.8) is 0 Å². The zero-order chi connectivity index (χ0) is 13.2. The van der Waals surface area contributed by atoms with Crippen molar-refractivity contribution in [1.29, 1.82) is 0 Å². The van der Waals surface area contributed by atoms with Crippen LogP contribution in [-0.2, 0) is 10.0 Å². The molecule has 1 aromatic rings. The summed E-state index contributed by atoms with van der Waals surface area (Å²) in [6.45, 7) is 6.17. The predicted octanol–water partition coefficient (Wildman–Crippen LogP) is 0.717.